The topological polar surface area (TPSA) is 57.0 Å². The summed E-state index contributed by atoms with van der Waals surface area (Å²) in [6.07, 6.45) is 10.0. The molecule has 0 unspecified atom stereocenters. The summed E-state index contributed by atoms with van der Waals surface area (Å²) in [5.74, 6) is 0.962. The molecular formula is C101H94INO4P4Pd. The average molecular weight is 1740 g/mol. The number of carbonyl (C=O) groups is 2. The molecule has 14 aromatic rings. The molecule has 0 aromatic heterocycles. The summed E-state index contributed by atoms with van der Waals surface area (Å²) in [6, 6.07) is 137. The first-order valence-electron chi connectivity index (χ1n) is 37.8. The number of hydrogen-bond acceptors (Lipinski definition) is 4. The molecule has 2 saturated carbocycles. The molecule has 0 atom stereocenters. The summed E-state index contributed by atoms with van der Waals surface area (Å²) in [5.41, 5.74) is 6.14. The number of esters is 2. The van der Waals surface area contributed by atoms with Gasteiger partial charge in [-0.05, 0) is 191 Å². The molecule has 0 N–H and O–H groups in total. The van der Waals surface area contributed by atoms with Gasteiger partial charge < -0.3 is 9.47 Å². The molecule has 0 spiro atoms. The van der Waals surface area contributed by atoms with Crippen LogP contribution in [-0.2, 0) is 42.7 Å². The van der Waals surface area contributed by atoms with Crippen molar-refractivity contribution >= 4 is 136 Å². The van der Waals surface area contributed by atoms with Crippen molar-refractivity contribution in [2.24, 2.45) is 11.8 Å². The third kappa shape index (κ3) is 24.8. The van der Waals surface area contributed by atoms with E-state index < -0.39 is 31.7 Å². The van der Waals surface area contributed by atoms with Gasteiger partial charge in [0.25, 0.3) is 0 Å². The first kappa shape index (κ1) is 85.1. The Morgan fingerprint density at radius 2 is 0.509 bits per heavy atom. The summed E-state index contributed by atoms with van der Waals surface area (Å²) in [4.78, 5) is 26.7. The number of halogens is 1. The van der Waals surface area contributed by atoms with E-state index in [4.69, 9.17) is 16.0 Å². The number of carbonyl (C=O) groups excluding carboxylic acids is 2. The van der Waals surface area contributed by atoms with Crippen LogP contribution in [0.2, 0.25) is 0 Å². The molecule has 2 aliphatic carbocycles. The normalized spacial score (nSPS) is 11.9. The number of aryl methyl sites for hydroxylation is 2. The third-order valence-corrected chi connectivity index (χ3v) is 30.2. The zero-order valence-electron chi connectivity index (χ0n) is 63.8. The van der Waals surface area contributed by atoms with Crippen molar-refractivity contribution in [2.75, 3.05) is 14.2 Å². The van der Waals surface area contributed by atoms with E-state index in [0.29, 0.717) is 22.7 Å². The molecule has 112 heavy (non-hydrogen) atoms. The summed E-state index contributed by atoms with van der Waals surface area (Å²) in [7, 11) is 1.01. The van der Waals surface area contributed by atoms with E-state index in [-0.39, 0.29) is 32.4 Å². The molecular weight excluding hydrogens is 1650 g/mol. The van der Waals surface area contributed by atoms with Gasteiger partial charge in [0.2, 0.25) is 0 Å². The fraction of sp³-hybridized carbons (Fsp3) is 0.139. The van der Waals surface area contributed by atoms with Crippen molar-refractivity contribution in [2.45, 2.75) is 65.2 Å². The Hall–Kier alpha value is -9.38. The van der Waals surface area contributed by atoms with E-state index in [1.54, 1.807) is 6.07 Å². The number of nitrogens with zero attached hydrogens (tertiary/aromatic N) is 1. The molecule has 2 aliphatic rings. The minimum absolute atomic E-state index is 0. The predicted octanol–water partition coefficient (Wildman–Crippen LogP) is 21.2. The molecule has 564 valence electrons. The second-order valence-electron chi connectivity index (χ2n) is 27.0. The second-order valence-corrected chi connectivity index (χ2v) is 37.1. The molecule has 2 fully saturated rings. The molecule has 0 saturated heterocycles. The molecule has 0 radical (unpaired) electrons. The van der Waals surface area contributed by atoms with Crippen molar-refractivity contribution in [1.29, 1.82) is 0 Å². The van der Waals surface area contributed by atoms with Gasteiger partial charge in [-0.15, -0.1) is 0 Å². The van der Waals surface area contributed by atoms with Crippen LogP contribution in [0, 0.1) is 35.8 Å². The van der Waals surface area contributed by atoms with Gasteiger partial charge in [0.1, 0.15) is 0 Å². The number of rotatable bonds is 18. The first-order valence-corrected chi connectivity index (χ1v) is 44.3. The molecule has 11 heteroatoms. The standard InChI is InChI=1S/4C18H15P.C15H17NO2.C14H17IO2.Pd/c4*1-4-10-16(11-5-1)19(17-12-6-2-7-13-17)18-14-8-3-9-15-18;1-10-7-12(8-11-5-4-6-11)14(16-2)9-13(10)15(17)18-3;1-9-6-11(7-10-4-3-5-10)13(15)8-12(9)14(16)17-2;/h4*1-15H;7,9,11H,4-6,8H2,1,3H3;6,8,10H,3-5,7H2,1-2H3;. The predicted molar refractivity (Wildman–Crippen MR) is 487 cm³/mol. The van der Waals surface area contributed by atoms with Gasteiger partial charge in [-0.1, -0.05) is 415 Å². The molecule has 16 rings (SSSR count). The zero-order valence-corrected chi connectivity index (χ0v) is 71.1. The molecule has 0 aliphatic heterocycles. The smallest absolute Gasteiger partial charge is 0.338 e. The summed E-state index contributed by atoms with van der Waals surface area (Å²) in [6.45, 7) is 11.1. The van der Waals surface area contributed by atoms with Gasteiger partial charge in [0.15, 0.2) is 5.69 Å². The average Bonchev–Trinajstić information content (AvgIpc) is 0.847. The van der Waals surface area contributed by atoms with Crippen LogP contribution < -0.4 is 63.7 Å². The van der Waals surface area contributed by atoms with E-state index in [0.717, 1.165) is 35.4 Å². The van der Waals surface area contributed by atoms with Crippen LogP contribution in [0.25, 0.3) is 4.85 Å². The van der Waals surface area contributed by atoms with Crippen LogP contribution in [0.4, 0.5) is 5.69 Å². The Bertz CT molecular complexity index is 4270. The Balaban J connectivity index is 0.000000142. The number of methoxy groups -OCH3 is 2. The first-order chi connectivity index (χ1) is 54.6. The van der Waals surface area contributed by atoms with Crippen molar-refractivity contribution < 1.29 is 39.5 Å². The quantitative estimate of drug-likeness (QED) is 0.0282. The van der Waals surface area contributed by atoms with Gasteiger partial charge in [-0.2, -0.15) is 0 Å². The van der Waals surface area contributed by atoms with Crippen LogP contribution in [-0.4, -0.2) is 26.2 Å². The Morgan fingerprint density at radius 1 is 0.321 bits per heavy atom. The van der Waals surface area contributed by atoms with E-state index in [9.17, 15) is 9.59 Å². The van der Waals surface area contributed by atoms with E-state index in [2.05, 4.69) is 397 Å². The minimum Gasteiger partial charge on any atom is -0.465 e. The maximum atomic E-state index is 11.6. The van der Waals surface area contributed by atoms with Crippen molar-refractivity contribution in [1.82, 2.24) is 0 Å². The Kier molecular flexibility index (Phi) is 34.9. The van der Waals surface area contributed by atoms with Crippen LogP contribution in [0.1, 0.15) is 81.5 Å². The van der Waals surface area contributed by atoms with Crippen molar-refractivity contribution in [3.05, 3.63) is 437 Å². The summed E-state index contributed by atoms with van der Waals surface area (Å²) >= 11 is 2.32. The summed E-state index contributed by atoms with van der Waals surface area (Å²) in [5, 5.41) is 16.8. The van der Waals surface area contributed by atoms with Gasteiger partial charge in [-0.25, -0.2) is 14.4 Å². The number of benzene rings is 14. The van der Waals surface area contributed by atoms with Gasteiger partial charge in [-0.3, -0.25) is 0 Å². The summed E-state index contributed by atoms with van der Waals surface area (Å²) < 4.78 is 10.7. The Morgan fingerprint density at radius 3 is 0.688 bits per heavy atom. The van der Waals surface area contributed by atoms with Gasteiger partial charge in [0.05, 0.1) is 31.9 Å². The van der Waals surface area contributed by atoms with Gasteiger partial charge >= 0.3 is 11.9 Å². The van der Waals surface area contributed by atoms with Crippen LogP contribution >= 0.6 is 54.3 Å². The fourth-order valence-electron chi connectivity index (χ4n) is 13.3. The van der Waals surface area contributed by atoms with E-state index >= 15 is 0 Å². The SMILES string of the molecule is COC(=O)c1cc(I)c(CC2CCC2)cc1C.[C-]#[N+]c1cc(C(=O)OC)c(C)cc1CC1CCC1.[Pd].c1ccc(P(c2ccccc2)c2ccccc2)cc1.c1ccc(P(c2ccccc2)c2ccccc2)cc1.c1ccc(P(c2ccccc2)c2ccccc2)cc1.c1ccc(P(c2ccccc2)c2ccccc2)cc1. The number of ether oxygens (including phenoxy) is 2. The van der Waals surface area contributed by atoms with Crippen molar-refractivity contribution in [3.8, 4) is 0 Å². The monoisotopic (exact) mass is 1740 g/mol. The zero-order chi connectivity index (χ0) is 77.2. The van der Waals surface area contributed by atoms with E-state index in [1.807, 2.05) is 26.0 Å². The molecule has 14 aromatic carbocycles. The minimum atomic E-state index is -0.446. The third-order valence-electron chi connectivity index (χ3n) is 19.4. The molecule has 0 heterocycles. The maximum absolute atomic E-state index is 11.6. The van der Waals surface area contributed by atoms with Crippen LogP contribution in [0.3, 0.4) is 0 Å². The van der Waals surface area contributed by atoms with Gasteiger partial charge in [0, 0.05) is 24.0 Å². The van der Waals surface area contributed by atoms with Crippen LogP contribution in [0.5, 0.6) is 0 Å². The Labute approximate surface area is 697 Å². The molecule has 0 amide bonds. The fourth-order valence-corrected chi connectivity index (χ4v) is 23.2. The van der Waals surface area contributed by atoms with Crippen LogP contribution in [0.15, 0.2) is 388 Å². The largest absolute Gasteiger partial charge is 0.465 e. The maximum Gasteiger partial charge on any atom is 0.338 e. The second kappa shape index (κ2) is 46.0. The molecule has 5 nitrogen and oxygen atoms in total. The number of hydrogen-bond donors (Lipinski definition) is 0. The molecule has 0 bridgehead atoms. The van der Waals surface area contributed by atoms with E-state index in [1.165, 1.54) is 126 Å². The van der Waals surface area contributed by atoms with Crippen molar-refractivity contribution in [3.63, 3.8) is 0 Å².